The molecule has 3 heterocycles. The van der Waals surface area contributed by atoms with E-state index in [0.717, 1.165) is 28.2 Å². The molecule has 1 atom stereocenters. The summed E-state index contributed by atoms with van der Waals surface area (Å²) in [7, 11) is 0. The Kier molecular flexibility index (Phi) is 5.62. The Labute approximate surface area is 169 Å². The third-order valence-corrected chi connectivity index (χ3v) is 5.02. The number of aliphatic hydroxyl groups excluding tert-OH is 1. The van der Waals surface area contributed by atoms with Gasteiger partial charge in [0.15, 0.2) is 0 Å². The van der Waals surface area contributed by atoms with E-state index in [9.17, 15) is 5.11 Å². The maximum atomic E-state index is 9.30. The standard InChI is InChI=1S/C22H23N5O2/c23-10-15-8-7-14(9-20(15)27-21-6-1-3-17(11-28)25-21)18-4-2-5-19(26-18)22(24)16-12-29-13-16/h1-10,16,22-23,28H,11-13,24H2,(H,25,27). The number of ether oxygens (including phenoxy) is 1. The second-order valence-electron chi connectivity index (χ2n) is 7.01. The van der Waals surface area contributed by atoms with Crippen LogP contribution in [0.1, 0.15) is 23.0 Å². The lowest BCUT2D eigenvalue weighted by atomic mass is 9.95. The summed E-state index contributed by atoms with van der Waals surface area (Å²) in [6.45, 7) is 1.22. The van der Waals surface area contributed by atoms with Crippen molar-refractivity contribution < 1.29 is 9.84 Å². The molecular weight excluding hydrogens is 366 g/mol. The molecule has 7 nitrogen and oxygen atoms in total. The number of pyridine rings is 2. The Morgan fingerprint density at radius 1 is 1.17 bits per heavy atom. The molecule has 1 fully saturated rings. The smallest absolute Gasteiger partial charge is 0.130 e. The number of nitrogens with two attached hydrogens (primary N) is 1. The van der Waals surface area contributed by atoms with Crippen molar-refractivity contribution in [3.8, 4) is 11.3 Å². The molecule has 1 aromatic carbocycles. The third kappa shape index (κ3) is 4.17. The van der Waals surface area contributed by atoms with Crippen molar-refractivity contribution in [1.29, 1.82) is 5.41 Å². The predicted octanol–water partition coefficient (Wildman–Crippen LogP) is 3.02. The lowest BCUT2D eigenvalue weighted by Crippen LogP contribution is -2.37. The largest absolute Gasteiger partial charge is 0.390 e. The van der Waals surface area contributed by atoms with Crippen LogP contribution in [-0.2, 0) is 11.3 Å². The van der Waals surface area contributed by atoms with E-state index in [1.54, 1.807) is 6.07 Å². The lowest BCUT2D eigenvalue weighted by Gasteiger charge is -2.31. The maximum absolute atomic E-state index is 9.30. The van der Waals surface area contributed by atoms with Crippen molar-refractivity contribution in [3.63, 3.8) is 0 Å². The highest BCUT2D eigenvalue weighted by molar-refractivity contribution is 5.89. The van der Waals surface area contributed by atoms with Crippen molar-refractivity contribution in [1.82, 2.24) is 9.97 Å². The van der Waals surface area contributed by atoms with Crippen molar-refractivity contribution >= 4 is 17.7 Å². The molecule has 0 spiro atoms. The second kappa shape index (κ2) is 8.48. The summed E-state index contributed by atoms with van der Waals surface area (Å²) in [5.74, 6) is 0.908. The van der Waals surface area contributed by atoms with Crippen LogP contribution in [0.4, 0.5) is 11.5 Å². The molecule has 2 aromatic heterocycles. The van der Waals surface area contributed by atoms with Crippen molar-refractivity contribution in [2.75, 3.05) is 18.5 Å². The van der Waals surface area contributed by atoms with Gasteiger partial charge in [-0.3, -0.25) is 4.98 Å². The highest BCUT2D eigenvalue weighted by atomic mass is 16.5. The van der Waals surface area contributed by atoms with Crippen molar-refractivity contribution in [2.24, 2.45) is 11.7 Å². The molecule has 0 aliphatic carbocycles. The Balaban J connectivity index is 1.65. The van der Waals surface area contributed by atoms with Gasteiger partial charge in [0.05, 0.1) is 42.9 Å². The van der Waals surface area contributed by atoms with E-state index in [1.807, 2.05) is 48.5 Å². The molecule has 1 aliphatic heterocycles. The second-order valence-corrected chi connectivity index (χ2v) is 7.01. The van der Waals surface area contributed by atoms with Crippen LogP contribution in [0.25, 0.3) is 11.3 Å². The number of benzene rings is 1. The summed E-state index contributed by atoms with van der Waals surface area (Å²) in [4.78, 5) is 9.12. The average Bonchev–Trinajstić information content (AvgIpc) is 2.72. The molecule has 1 saturated heterocycles. The average molecular weight is 389 g/mol. The Morgan fingerprint density at radius 3 is 2.72 bits per heavy atom. The van der Waals surface area contributed by atoms with E-state index in [-0.39, 0.29) is 12.6 Å². The van der Waals surface area contributed by atoms with Crippen molar-refractivity contribution in [2.45, 2.75) is 12.6 Å². The van der Waals surface area contributed by atoms with Crippen LogP contribution in [-0.4, -0.2) is 34.5 Å². The summed E-state index contributed by atoms with van der Waals surface area (Å²) in [6, 6.07) is 16.9. The van der Waals surface area contributed by atoms with E-state index in [4.69, 9.17) is 20.9 Å². The minimum atomic E-state index is -0.146. The molecule has 0 radical (unpaired) electrons. The van der Waals surface area contributed by atoms with Crippen LogP contribution in [0.2, 0.25) is 0 Å². The molecule has 148 valence electrons. The summed E-state index contributed by atoms with van der Waals surface area (Å²) >= 11 is 0. The van der Waals surface area contributed by atoms with Crippen LogP contribution in [0.3, 0.4) is 0 Å². The number of aliphatic hydroxyl groups is 1. The first-order valence-corrected chi connectivity index (χ1v) is 9.47. The first kappa shape index (κ1) is 19.2. The Hall–Kier alpha value is -3.13. The zero-order valence-corrected chi connectivity index (χ0v) is 15.9. The molecular formula is C22H23N5O2. The molecule has 3 aromatic rings. The van der Waals surface area contributed by atoms with Gasteiger partial charge >= 0.3 is 0 Å². The number of nitrogens with one attached hydrogen (secondary N) is 2. The van der Waals surface area contributed by atoms with Crippen LogP contribution in [0, 0.1) is 11.3 Å². The number of rotatable bonds is 7. The molecule has 29 heavy (non-hydrogen) atoms. The fourth-order valence-corrected chi connectivity index (χ4v) is 3.23. The molecule has 1 aliphatic rings. The van der Waals surface area contributed by atoms with Gasteiger partial charge in [-0.15, -0.1) is 0 Å². The molecule has 0 saturated carbocycles. The molecule has 0 amide bonds. The number of anilines is 2. The zero-order chi connectivity index (χ0) is 20.2. The molecule has 4 rings (SSSR count). The fraction of sp³-hybridized carbons (Fsp3) is 0.227. The summed E-state index contributed by atoms with van der Waals surface area (Å²) < 4.78 is 5.25. The van der Waals surface area contributed by atoms with Gasteiger partial charge in [-0.1, -0.05) is 24.3 Å². The van der Waals surface area contributed by atoms with Gasteiger partial charge in [0, 0.05) is 28.9 Å². The Bertz CT molecular complexity index is 1020. The Morgan fingerprint density at radius 2 is 2.00 bits per heavy atom. The third-order valence-electron chi connectivity index (χ3n) is 5.02. The topological polar surface area (TPSA) is 117 Å². The normalized spacial score (nSPS) is 14.8. The summed E-state index contributed by atoms with van der Waals surface area (Å²) in [5.41, 5.74) is 11.0. The van der Waals surface area contributed by atoms with Gasteiger partial charge in [0.25, 0.3) is 0 Å². The van der Waals surface area contributed by atoms with Crippen LogP contribution < -0.4 is 11.1 Å². The van der Waals surface area contributed by atoms with E-state index in [2.05, 4.69) is 10.3 Å². The predicted molar refractivity (Wildman–Crippen MR) is 112 cm³/mol. The first-order chi connectivity index (χ1) is 14.2. The van der Waals surface area contributed by atoms with E-state index in [0.29, 0.717) is 30.6 Å². The van der Waals surface area contributed by atoms with Gasteiger partial charge < -0.3 is 26.3 Å². The number of nitrogens with zero attached hydrogens (tertiary/aromatic N) is 2. The highest BCUT2D eigenvalue weighted by Crippen LogP contribution is 2.29. The minimum Gasteiger partial charge on any atom is -0.390 e. The van der Waals surface area contributed by atoms with Crippen LogP contribution >= 0.6 is 0 Å². The van der Waals surface area contributed by atoms with Gasteiger partial charge in [-0.25, -0.2) is 4.98 Å². The van der Waals surface area contributed by atoms with Gasteiger partial charge in [-0.05, 0) is 30.3 Å². The van der Waals surface area contributed by atoms with Crippen molar-refractivity contribution in [3.05, 3.63) is 71.5 Å². The van der Waals surface area contributed by atoms with E-state index < -0.39 is 0 Å². The van der Waals surface area contributed by atoms with Crippen LogP contribution in [0.15, 0.2) is 54.6 Å². The maximum Gasteiger partial charge on any atom is 0.130 e. The monoisotopic (exact) mass is 389 g/mol. The quantitative estimate of drug-likeness (QED) is 0.462. The van der Waals surface area contributed by atoms with Crippen LogP contribution in [0.5, 0.6) is 0 Å². The summed E-state index contributed by atoms with van der Waals surface area (Å²) in [6.07, 6.45) is 1.29. The highest BCUT2D eigenvalue weighted by Gasteiger charge is 2.27. The van der Waals surface area contributed by atoms with E-state index >= 15 is 0 Å². The van der Waals surface area contributed by atoms with E-state index in [1.165, 1.54) is 6.21 Å². The lowest BCUT2D eigenvalue weighted by molar-refractivity contribution is -0.0447. The fourth-order valence-electron chi connectivity index (χ4n) is 3.23. The number of hydrogen-bond donors (Lipinski definition) is 4. The first-order valence-electron chi connectivity index (χ1n) is 9.47. The number of hydrogen-bond acceptors (Lipinski definition) is 7. The van der Waals surface area contributed by atoms with Gasteiger partial charge in [0.1, 0.15) is 5.82 Å². The molecule has 1 unspecified atom stereocenters. The van der Waals surface area contributed by atoms with Gasteiger partial charge in [-0.2, -0.15) is 0 Å². The molecule has 0 bridgehead atoms. The summed E-state index contributed by atoms with van der Waals surface area (Å²) in [5, 5.41) is 20.2. The number of aromatic nitrogens is 2. The van der Waals surface area contributed by atoms with Gasteiger partial charge in [0.2, 0.25) is 0 Å². The minimum absolute atomic E-state index is 0.129. The SMILES string of the molecule is N=Cc1ccc(-c2cccc(C(N)C3COC3)n2)cc1Nc1cccc(CO)n1. The zero-order valence-electron chi connectivity index (χ0n) is 15.9. The molecule has 7 heteroatoms. The molecule has 5 N–H and O–H groups in total.